The number of nitrogens with zero attached hydrogens (tertiary/aromatic N) is 1. The number of aromatic nitrogens is 1. The summed E-state index contributed by atoms with van der Waals surface area (Å²) in [6.07, 6.45) is 2.95. The molecule has 1 aromatic rings. The standard InChI is InChI=1S/C5H5BBrNO3/c7-4-1-5(3-8-2-4)11-6(9)10/h1-3,9-10H. The lowest BCUT2D eigenvalue weighted by molar-refractivity contribution is 0.287. The maximum Gasteiger partial charge on any atom is 0.707 e. The SMILES string of the molecule is OB(O)Oc1cncc(Br)c1. The van der Waals surface area contributed by atoms with E-state index in [1.165, 1.54) is 6.20 Å². The molecular formula is C5H5BBrNO3. The smallest absolute Gasteiger partial charge is 0.511 e. The van der Waals surface area contributed by atoms with E-state index in [-0.39, 0.29) is 0 Å². The van der Waals surface area contributed by atoms with Crippen molar-refractivity contribution in [1.29, 1.82) is 0 Å². The molecule has 0 spiro atoms. The lowest BCUT2D eigenvalue weighted by Crippen LogP contribution is -2.20. The molecule has 0 unspecified atom stereocenters. The quantitative estimate of drug-likeness (QED) is 0.695. The van der Waals surface area contributed by atoms with Gasteiger partial charge in [-0.2, -0.15) is 0 Å². The molecule has 0 bridgehead atoms. The fraction of sp³-hybridized carbons (Fsp3) is 0. The highest BCUT2D eigenvalue weighted by atomic mass is 79.9. The molecule has 0 atom stereocenters. The number of halogens is 1. The first-order chi connectivity index (χ1) is 5.18. The van der Waals surface area contributed by atoms with Gasteiger partial charge in [-0.15, -0.1) is 0 Å². The Morgan fingerprint density at radius 2 is 2.18 bits per heavy atom. The molecule has 0 aliphatic carbocycles. The molecule has 1 aromatic heterocycles. The molecule has 2 N–H and O–H groups in total. The Morgan fingerprint density at radius 1 is 1.45 bits per heavy atom. The van der Waals surface area contributed by atoms with Crippen LogP contribution >= 0.6 is 15.9 Å². The zero-order valence-corrected chi connectivity index (χ0v) is 7.02. The Balaban J connectivity index is 2.71. The Bertz CT molecular complexity index is 245. The van der Waals surface area contributed by atoms with Gasteiger partial charge < -0.3 is 14.7 Å². The Hall–Kier alpha value is -0.585. The number of rotatable bonds is 2. The van der Waals surface area contributed by atoms with Crippen LogP contribution in [0.5, 0.6) is 5.75 Å². The van der Waals surface area contributed by atoms with Crippen molar-refractivity contribution < 1.29 is 14.7 Å². The highest BCUT2D eigenvalue weighted by Gasteiger charge is 2.10. The fourth-order valence-corrected chi connectivity index (χ4v) is 0.922. The molecule has 0 aliphatic rings. The van der Waals surface area contributed by atoms with E-state index in [0.29, 0.717) is 5.75 Å². The summed E-state index contributed by atoms with van der Waals surface area (Å²) in [7, 11) is -1.80. The third kappa shape index (κ3) is 2.88. The van der Waals surface area contributed by atoms with E-state index in [9.17, 15) is 0 Å². The van der Waals surface area contributed by atoms with E-state index >= 15 is 0 Å². The maximum absolute atomic E-state index is 8.39. The van der Waals surface area contributed by atoms with Gasteiger partial charge in [-0.05, 0) is 22.0 Å². The van der Waals surface area contributed by atoms with Gasteiger partial charge in [0.25, 0.3) is 0 Å². The molecule has 1 heterocycles. The van der Waals surface area contributed by atoms with Gasteiger partial charge in [-0.1, -0.05) is 0 Å². The largest absolute Gasteiger partial charge is 0.707 e. The van der Waals surface area contributed by atoms with Gasteiger partial charge in [0.1, 0.15) is 5.75 Å². The molecule has 0 aromatic carbocycles. The first kappa shape index (κ1) is 8.51. The van der Waals surface area contributed by atoms with Crippen LogP contribution < -0.4 is 4.65 Å². The maximum atomic E-state index is 8.39. The summed E-state index contributed by atoms with van der Waals surface area (Å²) in [5, 5.41) is 16.8. The third-order valence-corrected chi connectivity index (χ3v) is 1.35. The van der Waals surface area contributed by atoms with E-state index in [2.05, 4.69) is 25.6 Å². The summed E-state index contributed by atoms with van der Waals surface area (Å²) >= 11 is 3.15. The van der Waals surface area contributed by atoms with E-state index < -0.39 is 7.32 Å². The molecule has 0 saturated heterocycles. The van der Waals surface area contributed by atoms with Crippen LogP contribution in [-0.4, -0.2) is 22.4 Å². The van der Waals surface area contributed by atoms with Gasteiger partial charge in [0.2, 0.25) is 0 Å². The molecule has 0 radical (unpaired) electrons. The van der Waals surface area contributed by atoms with Crippen LogP contribution in [0.4, 0.5) is 0 Å². The van der Waals surface area contributed by atoms with Gasteiger partial charge in [0, 0.05) is 10.7 Å². The van der Waals surface area contributed by atoms with Gasteiger partial charge in [-0.3, -0.25) is 4.98 Å². The van der Waals surface area contributed by atoms with Crippen LogP contribution in [-0.2, 0) is 0 Å². The topological polar surface area (TPSA) is 62.6 Å². The van der Waals surface area contributed by atoms with Crippen LogP contribution in [0.15, 0.2) is 22.9 Å². The van der Waals surface area contributed by atoms with Gasteiger partial charge in [-0.25, -0.2) is 0 Å². The van der Waals surface area contributed by atoms with E-state index in [1.807, 2.05) is 0 Å². The van der Waals surface area contributed by atoms with Crippen molar-refractivity contribution in [3.8, 4) is 5.75 Å². The molecule has 58 valence electrons. The normalized spacial score (nSPS) is 9.36. The molecule has 0 aliphatic heterocycles. The summed E-state index contributed by atoms with van der Waals surface area (Å²) < 4.78 is 5.23. The summed E-state index contributed by atoms with van der Waals surface area (Å²) in [6, 6.07) is 1.58. The minimum absolute atomic E-state index is 0.300. The molecule has 11 heavy (non-hydrogen) atoms. The second-order valence-electron chi connectivity index (χ2n) is 1.78. The predicted molar refractivity (Wildman–Crippen MR) is 42.8 cm³/mol. The minimum Gasteiger partial charge on any atom is -0.511 e. The summed E-state index contributed by atoms with van der Waals surface area (Å²) in [6.45, 7) is 0. The summed E-state index contributed by atoms with van der Waals surface area (Å²) in [5.74, 6) is 0.300. The molecule has 6 heteroatoms. The van der Waals surface area contributed by atoms with Crippen molar-refractivity contribution in [3.63, 3.8) is 0 Å². The number of pyridine rings is 1. The van der Waals surface area contributed by atoms with Crippen molar-refractivity contribution >= 4 is 23.3 Å². The van der Waals surface area contributed by atoms with E-state index in [4.69, 9.17) is 10.0 Å². The van der Waals surface area contributed by atoms with Gasteiger partial charge in [0.15, 0.2) is 0 Å². The number of hydrogen-bond acceptors (Lipinski definition) is 4. The van der Waals surface area contributed by atoms with Crippen LogP contribution in [0.1, 0.15) is 0 Å². The lowest BCUT2D eigenvalue weighted by atomic mass is 10.2. The Morgan fingerprint density at radius 3 is 2.73 bits per heavy atom. The van der Waals surface area contributed by atoms with E-state index in [0.717, 1.165) is 4.47 Å². The van der Waals surface area contributed by atoms with Crippen LogP contribution in [0.3, 0.4) is 0 Å². The third-order valence-electron chi connectivity index (χ3n) is 0.921. The second-order valence-corrected chi connectivity index (χ2v) is 2.70. The summed E-state index contributed by atoms with van der Waals surface area (Å²) in [4.78, 5) is 3.74. The predicted octanol–water partition coefficient (Wildman–Crippen LogP) is 0.192. The van der Waals surface area contributed by atoms with Crippen molar-refractivity contribution in [1.82, 2.24) is 4.98 Å². The average Bonchev–Trinajstić information content (AvgIpc) is 1.85. The van der Waals surface area contributed by atoms with Crippen LogP contribution in [0.25, 0.3) is 0 Å². The fourth-order valence-electron chi connectivity index (χ4n) is 0.579. The van der Waals surface area contributed by atoms with Crippen molar-refractivity contribution in [2.24, 2.45) is 0 Å². The zero-order chi connectivity index (χ0) is 8.27. The first-order valence-electron chi connectivity index (χ1n) is 2.82. The molecule has 0 fully saturated rings. The number of hydrogen-bond donors (Lipinski definition) is 2. The Kier molecular flexibility index (Phi) is 2.87. The zero-order valence-electron chi connectivity index (χ0n) is 5.44. The van der Waals surface area contributed by atoms with Gasteiger partial charge >= 0.3 is 7.32 Å². The lowest BCUT2D eigenvalue weighted by Gasteiger charge is -2.02. The highest BCUT2D eigenvalue weighted by Crippen LogP contribution is 2.15. The van der Waals surface area contributed by atoms with Gasteiger partial charge in [0.05, 0.1) is 6.20 Å². The molecular weight excluding hydrogens is 213 g/mol. The Labute approximate surface area is 72.1 Å². The highest BCUT2D eigenvalue weighted by molar-refractivity contribution is 9.10. The molecule has 4 nitrogen and oxygen atoms in total. The first-order valence-corrected chi connectivity index (χ1v) is 3.61. The van der Waals surface area contributed by atoms with Crippen molar-refractivity contribution in [2.45, 2.75) is 0 Å². The molecule has 1 rings (SSSR count). The van der Waals surface area contributed by atoms with Crippen LogP contribution in [0, 0.1) is 0 Å². The second kappa shape index (κ2) is 3.70. The van der Waals surface area contributed by atoms with Crippen LogP contribution in [0.2, 0.25) is 0 Å². The summed E-state index contributed by atoms with van der Waals surface area (Å²) in [5.41, 5.74) is 0. The van der Waals surface area contributed by atoms with Crippen molar-refractivity contribution in [2.75, 3.05) is 0 Å². The van der Waals surface area contributed by atoms with Crippen molar-refractivity contribution in [3.05, 3.63) is 22.9 Å². The monoisotopic (exact) mass is 217 g/mol. The average molecular weight is 218 g/mol. The minimum atomic E-state index is -1.80. The van der Waals surface area contributed by atoms with E-state index in [1.54, 1.807) is 12.3 Å². The molecule has 0 saturated carbocycles. The molecule has 0 amide bonds.